The zero-order valence-corrected chi connectivity index (χ0v) is 60.4. The van der Waals surface area contributed by atoms with Crippen molar-refractivity contribution in [2.45, 2.75) is 303 Å². The average Bonchev–Trinajstić information content (AvgIpc) is 1.29. The van der Waals surface area contributed by atoms with Gasteiger partial charge in [0.15, 0.2) is 12.2 Å². The van der Waals surface area contributed by atoms with E-state index in [1.54, 1.807) is 0 Å². The number of unbranched alkanes of at least 4 members (excludes halogenated alkanes) is 23. The number of phosphoric acid groups is 2. The first-order chi connectivity index (χ1) is 45.7. The third-order valence-corrected chi connectivity index (χ3v) is 16.7. The van der Waals surface area contributed by atoms with E-state index in [0.29, 0.717) is 38.5 Å². The number of hydrogen-bond acceptors (Lipinski definition) is 15. The van der Waals surface area contributed by atoms with Crippen molar-refractivity contribution in [1.82, 2.24) is 0 Å². The van der Waals surface area contributed by atoms with Gasteiger partial charge in [0, 0.05) is 25.7 Å². The molecule has 0 aromatic heterocycles. The first kappa shape index (κ1) is 89.7. The van der Waals surface area contributed by atoms with Crippen molar-refractivity contribution >= 4 is 39.5 Å². The summed E-state index contributed by atoms with van der Waals surface area (Å²) in [4.78, 5) is 72.6. The van der Waals surface area contributed by atoms with Gasteiger partial charge in [-0.05, 0) is 103 Å². The molecule has 0 bridgehead atoms. The maximum absolute atomic E-state index is 13.0. The van der Waals surface area contributed by atoms with Crippen LogP contribution in [0.25, 0.3) is 0 Å². The highest BCUT2D eigenvalue weighted by atomic mass is 31.2. The number of ether oxygens (including phenoxy) is 4. The molecule has 0 aromatic carbocycles. The van der Waals surface area contributed by atoms with Gasteiger partial charge in [0.25, 0.3) is 0 Å². The Balaban J connectivity index is 5.41. The Labute approximate surface area is 569 Å². The summed E-state index contributed by atoms with van der Waals surface area (Å²) < 4.78 is 68.2. The van der Waals surface area contributed by atoms with E-state index in [2.05, 4.69) is 125 Å². The molecule has 0 heterocycles. The fraction of sp³-hybridized carbons (Fsp3) is 0.707. The largest absolute Gasteiger partial charge is 0.472 e. The van der Waals surface area contributed by atoms with Crippen molar-refractivity contribution in [3.8, 4) is 0 Å². The number of rotatable bonds is 67. The van der Waals surface area contributed by atoms with Gasteiger partial charge in [-0.1, -0.05) is 265 Å². The number of carbonyl (C=O) groups excluding carboxylic acids is 4. The lowest BCUT2D eigenvalue weighted by atomic mass is 10.1. The van der Waals surface area contributed by atoms with Crippen molar-refractivity contribution in [3.63, 3.8) is 0 Å². The highest BCUT2D eigenvalue weighted by Gasteiger charge is 2.30. The number of aliphatic hydroxyl groups is 1. The number of hydrogen-bond donors (Lipinski definition) is 3. The molecule has 0 amide bonds. The molecular formula is C75H128O17P2. The van der Waals surface area contributed by atoms with Crippen LogP contribution in [-0.4, -0.2) is 96.7 Å². The molecule has 0 aliphatic carbocycles. The lowest BCUT2D eigenvalue weighted by molar-refractivity contribution is -0.161. The SMILES string of the molecule is CC/C=C\C/C=C\C/C=C\C/C=C\C/C=C\CCCC(=O)OCC(COP(=O)(O)OCC(O)COP(=O)(O)OCC(COC(=O)CCCCCCCCCCCCC)OC(=O)CCCCCCCCCCCCC)OC(=O)CCCC/C=C\C/C=C\C/C=C\C/C=C\CC. The molecule has 0 saturated heterocycles. The first-order valence-corrected chi connectivity index (χ1v) is 39.1. The molecule has 5 atom stereocenters. The number of allylic oxidation sites excluding steroid dienone is 18. The molecular weight excluding hydrogens is 1230 g/mol. The van der Waals surface area contributed by atoms with Gasteiger partial charge in [-0.3, -0.25) is 37.3 Å². The molecule has 94 heavy (non-hydrogen) atoms. The molecule has 540 valence electrons. The number of phosphoric ester groups is 2. The van der Waals surface area contributed by atoms with E-state index >= 15 is 0 Å². The molecule has 0 aliphatic heterocycles. The Morgan fingerprint density at radius 1 is 0.309 bits per heavy atom. The predicted octanol–water partition coefficient (Wildman–Crippen LogP) is 20.2. The second-order valence-electron chi connectivity index (χ2n) is 23.8. The smallest absolute Gasteiger partial charge is 0.462 e. The summed E-state index contributed by atoms with van der Waals surface area (Å²) in [5.41, 5.74) is 0. The standard InChI is InChI=1S/C75H128O17P2/c1-5-9-13-17-21-25-29-31-33-34-36-37-41-44-48-52-56-60-73(78)86-66-71(92-75(80)62-58-54-50-46-42-38-35-32-30-26-22-18-14-10-6-2)68-90-94(83,84)88-64-69(76)63-87-93(81,82)89-67-70(91-74(79)61-57-53-49-45-40-28-24-20-16-12-8-4)65-85-72(77)59-55-51-47-43-39-27-23-19-15-11-7-3/h9-10,13-14,21-22,25-26,31-33,35-37,42,44,46,48,69-71,76H,5-8,11-12,15-20,23-24,27-30,34,38-41,43,45,47,49-68H2,1-4H3,(H,81,82)(H,83,84)/b13-9-,14-10-,25-21-,26-22-,33-31-,35-32-,37-36-,46-42-,48-44-. The third-order valence-electron chi connectivity index (χ3n) is 14.8. The molecule has 0 radical (unpaired) electrons. The van der Waals surface area contributed by atoms with E-state index in [1.807, 2.05) is 12.2 Å². The summed E-state index contributed by atoms with van der Waals surface area (Å²) in [5, 5.41) is 10.6. The summed E-state index contributed by atoms with van der Waals surface area (Å²) in [6.07, 6.45) is 69.7. The Hall–Kier alpha value is -4.28. The minimum Gasteiger partial charge on any atom is -0.462 e. The lowest BCUT2D eigenvalue weighted by Gasteiger charge is -2.21. The maximum atomic E-state index is 13.0. The van der Waals surface area contributed by atoms with Crippen LogP contribution in [0.5, 0.6) is 0 Å². The molecule has 0 saturated carbocycles. The Morgan fingerprint density at radius 2 is 0.564 bits per heavy atom. The van der Waals surface area contributed by atoms with Crippen LogP contribution in [0.3, 0.4) is 0 Å². The fourth-order valence-corrected chi connectivity index (χ4v) is 10.9. The van der Waals surface area contributed by atoms with E-state index in [-0.39, 0.29) is 25.7 Å². The van der Waals surface area contributed by atoms with E-state index in [1.165, 1.54) is 83.5 Å². The molecule has 0 aromatic rings. The molecule has 0 spiro atoms. The van der Waals surface area contributed by atoms with Gasteiger partial charge in [0.05, 0.1) is 26.4 Å². The van der Waals surface area contributed by atoms with Crippen LogP contribution >= 0.6 is 15.6 Å². The van der Waals surface area contributed by atoms with Gasteiger partial charge in [-0.15, -0.1) is 0 Å². The second-order valence-corrected chi connectivity index (χ2v) is 26.7. The molecule has 0 fully saturated rings. The molecule has 0 aliphatic rings. The predicted molar refractivity (Wildman–Crippen MR) is 381 cm³/mol. The molecule has 17 nitrogen and oxygen atoms in total. The number of esters is 4. The van der Waals surface area contributed by atoms with Crippen molar-refractivity contribution in [2.24, 2.45) is 0 Å². The monoisotopic (exact) mass is 1360 g/mol. The van der Waals surface area contributed by atoms with Crippen LogP contribution in [0.4, 0.5) is 0 Å². The van der Waals surface area contributed by atoms with E-state index in [9.17, 15) is 43.2 Å². The van der Waals surface area contributed by atoms with Gasteiger partial charge in [-0.25, -0.2) is 9.13 Å². The quantitative estimate of drug-likeness (QED) is 0.0169. The molecule has 19 heteroatoms. The van der Waals surface area contributed by atoms with Crippen LogP contribution < -0.4 is 0 Å². The van der Waals surface area contributed by atoms with E-state index in [0.717, 1.165) is 109 Å². The molecule has 5 unspecified atom stereocenters. The van der Waals surface area contributed by atoms with Crippen molar-refractivity contribution < 1.29 is 80.2 Å². The average molecular weight is 1360 g/mol. The summed E-state index contributed by atoms with van der Waals surface area (Å²) in [6, 6.07) is 0. The van der Waals surface area contributed by atoms with Gasteiger partial charge >= 0.3 is 39.5 Å². The van der Waals surface area contributed by atoms with Gasteiger partial charge < -0.3 is 33.8 Å². The summed E-state index contributed by atoms with van der Waals surface area (Å²) in [7, 11) is -9.96. The van der Waals surface area contributed by atoms with Crippen molar-refractivity contribution in [3.05, 3.63) is 109 Å². The van der Waals surface area contributed by atoms with E-state index < -0.39 is 97.5 Å². The lowest BCUT2D eigenvalue weighted by Crippen LogP contribution is -2.30. The van der Waals surface area contributed by atoms with Gasteiger partial charge in [-0.2, -0.15) is 0 Å². The van der Waals surface area contributed by atoms with Crippen LogP contribution in [-0.2, 0) is 65.4 Å². The minimum absolute atomic E-state index is 0.0291. The maximum Gasteiger partial charge on any atom is 0.472 e. The summed E-state index contributed by atoms with van der Waals surface area (Å²) in [6.45, 7) is 4.51. The Morgan fingerprint density at radius 3 is 0.894 bits per heavy atom. The van der Waals surface area contributed by atoms with Crippen LogP contribution in [0, 0.1) is 0 Å². The molecule has 3 N–H and O–H groups in total. The minimum atomic E-state index is -4.99. The van der Waals surface area contributed by atoms with E-state index in [4.69, 9.17) is 37.0 Å². The molecule has 0 rings (SSSR count). The number of carbonyl (C=O) groups is 4. The second kappa shape index (κ2) is 67.3. The summed E-state index contributed by atoms with van der Waals surface area (Å²) >= 11 is 0. The van der Waals surface area contributed by atoms with Crippen LogP contribution in [0.15, 0.2) is 109 Å². The van der Waals surface area contributed by atoms with Crippen molar-refractivity contribution in [1.29, 1.82) is 0 Å². The number of aliphatic hydroxyl groups excluding tert-OH is 1. The zero-order valence-electron chi connectivity index (χ0n) is 58.6. The Bertz CT molecular complexity index is 2220. The van der Waals surface area contributed by atoms with Crippen LogP contribution in [0.2, 0.25) is 0 Å². The normalized spacial score (nSPS) is 14.7. The topological polar surface area (TPSA) is 237 Å². The first-order valence-electron chi connectivity index (χ1n) is 36.1. The zero-order chi connectivity index (χ0) is 69.0. The highest BCUT2D eigenvalue weighted by Crippen LogP contribution is 2.45. The van der Waals surface area contributed by atoms with Gasteiger partial charge in [0.2, 0.25) is 0 Å². The fourth-order valence-electron chi connectivity index (χ4n) is 9.30. The summed E-state index contributed by atoms with van der Waals surface area (Å²) in [5.74, 6) is -2.28. The van der Waals surface area contributed by atoms with Crippen LogP contribution in [0.1, 0.15) is 285 Å². The Kier molecular flexibility index (Phi) is 64.2. The van der Waals surface area contributed by atoms with Gasteiger partial charge in [0.1, 0.15) is 19.3 Å². The third kappa shape index (κ3) is 66.3. The highest BCUT2D eigenvalue weighted by molar-refractivity contribution is 7.47. The van der Waals surface area contributed by atoms with Crippen molar-refractivity contribution in [2.75, 3.05) is 39.6 Å².